The maximum atomic E-state index is 12.2. The molecule has 6 nitrogen and oxygen atoms in total. The van der Waals surface area contributed by atoms with Crippen LogP contribution in [-0.2, 0) is 27.2 Å². The third-order valence-corrected chi connectivity index (χ3v) is 4.83. The van der Waals surface area contributed by atoms with Crippen molar-refractivity contribution in [3.05, 3.63) is 34.2 Å². The number of nitrogens with zero attached hydrogens (tertiary/aromatic N) is 2. The number of anilines is 1. The first kappa shape index (κ1) is 16.2. The Balaban J connectivity index is 1.52. The van der Waals surface area contributed by atoms with E-state index in [0.717, 1.165) is 19.4 Å². The first-order valence-corrected chi connectivity index (χ1v) is 8.64. The molecule has 1 aliphatic heterocycles. The Hall–Kier alpha value is -1.70. The predicted molar refractivity (Wildman–Crippen MR) is 88.7 cm³/mol. The predicted octanol–water partition coefficient (Wildman–Crippen LogP) is 2.62. The van der Waals surface area contributed by atoms with E-state index in [1.807, 2.05) is 16.9 Å². The zero-order valence-corrected chi connectivity index (χ0v) is 14.0. The molecular weight excluding hydrogens is 314 g/mol. The molecule has 1 unspecified atom stereocenters. The van der Waals surface area contributed by atoms with Crippen LogP contribution in [0.4, 0.5) is 5.82 Å². The third-order valence-electron chi connectivity index (χ3n) is 3.78. The molecule has 1 atom stereocenters. The monoisotopic (exact) mass is 335 g/mol. The number of thiophene rings is 1. The van der Waals surface area contributed by atoms with Crippen LogP contribution < -0.4 is 5.32 Å². The number of carbonyl (C=O) groups excluding carboxylic acids is 1. The van der Waals surface area contributed by atoms with E-state index in [-0.39, 0.29) is 12.0 Å². The lowest BCUT2D eigenvalue weighted by Gasteiger charge is -2.22. The highest BCUT2D eigenvalue weighted by Gasteiger charge is 2.24. The number of aryl methyl sites for hydroxylation is 1. The summed E-state index contributed by atoms with van der Waals surface area (Å²) in [6, 6.07) is 3.93. The molecule has 0 radical (unpaired) electrons. The van der Waals surface area contributed by atoms with Crippen molar-refractivity contribution in [2.24, 2.45) is 0 Å². The Bertz CT molecular complexity index is 653. The fraction of sp³-hybridized carbons (Fsp3) is 0.500. The van der Waals surface area contributed by atoms with E-state index in [1.165, 1.54) is 10.4 Å². The molecule has 0 spiro atoms. The number of fused-ring (bicyclic) bond motifs is 1. The van der Waals surface area contributed by atoms with Crippen molar-refractivity contribution >= 4 is 23.1 Å². The van der Waals surface area contributed by atoms with Crippen molar-refractivity contribution in [1.29, 1.82) is 0 Å². The quantitative estimate of drug-likeness (QED) is 0.790. The van der Waals surface area contributed by atoms with Gasteiger partial charge in [-0.2, -0.15) is 5.10 Å². The first-order valence-electron chi connectivity index (χ1n) is 7.76. The molecule has 3 heterocycles. The fourth-order valence-electron chi connectivity index (χ4n) is 2.66. The van der Waals surface area contributed by atoms with Crippen LogP contribution in [0.15, 0.2) is 23.7 Å². The van der Waals surface area contributed by atoms with E-state index in [0.29, 0.717) is 25.5 Å². The van der Waals surface area contributed by atoms with E-state index in [4.69, 9.17) is 9.47 Å². The highest BCUT2D eigenvalue weighted by molar-refractivity contribution is 7.10. The first-order chi connectivity index (χ1) is 11.3. The van der Waals surface area contributed by atoms with Gasteiger partial charge in [0.1, 0.15) is 6.10 Å². The Morgan fingerprint density at radius 3 is 3.35 bits per heavy atom. The lowest BCUT2D eigenvalue weighted by Crippen LogP contribution is -2.21. The van der Waals surface area contributed by atoms with Gasteiger partial charge in [0, 0.05) is 37.4 Å². The summed E-state index contributed by atoms with van der Waals surface area (Å²) in [5.41, 5.74) is 1.31. The van der Waals surface area contributed by atoms with E-state index in [2.05, 4.69) is 21.9 Å². The van der Waals surface area contributed by atoms with Gasteiger partial charge in [0.2, 0.25) is 5.91 Å². The van der Waals surface area contributed by atoms with E-state index < -0.39 is 0 Å². The Morgan fingerprint density at radius 2 is 2.48 bits per heavy atom. The van der Waals surface area contributed by atoms with Gasteiger partial charge in [-0.15, -0.1) is 11.3 Å². The number of hydrogen-bond acceptors (Lipinski definition) is 5. The summed E-state index contributed by atoms with van der Waals surface area (Å²) in [5.74, 6) is 0.507. The average Bonchev–Trinajstić information content (AvgIpc) is 3.17. The van der Waals surface area contributed by atoms with Crippen LogP contribution in [0, 0.1) is 0 Å². The van der Waals surface area contributed by atoms with Gasteiger partial charge in [0.25, 0.3) is 0 Å². The van der Waals surface area contributed by atoms with Crippen LogP contribution in [0.25, 0.3) is 0 Å². The van der Waals surface area contributed by atoms with Gasteiger partial charge in [0.05, 0.1) is 13.0 Å². The third kappa shape index (κ3) is 4.19. The lowest BCUT2D eigenvalue weighted by molar-refractivity contribution is -0.119. The summed E-state index contributed by atoms with van der Waals surface area (Å²) in [7, 11) is 1.68. The van der Waals surface area contributed by atoms with Crippen LogP contribution in [0.2, 0.25) is 0 Å². The molecular formula is C16H21N3O3S. The standard InChI is InChI=1S/C16H21N3O3S/c1-21-8-2-6-19-7-3-14(18-19)17-15(20)11-13-16-12(4-9-22-13)5-10-23-16/h3,5,7,10,13H,2,4,6,8-9,11H2,1H3,(H,17,18,20). The summed E-state index contributed by atoms with van der Waals surface area (Å²) in [4.78, 5) is 13.4. The van der Waals surface area contributed by atoms with Crippen LogP contribution in [0.3, 0.4) is 0 Å². The maximum Gasteiger partial charge on any atom is 0.228 e. The second kappa shape index (κ2) is 7.72. The molecule has 0 aliphatic carbocycles. The van der Waals surface area contributed by atoms with Crippen molar-refractivity contribution in [3.8, 4) is 0 Å². The summed E-state index contributed by atoms with van der Waals surface area (Å²) in [5, 5.41) is 9.25. The second-order valence-electron chi connectivity index (χ2n) is 5.48. The number of carbonyl (C=O) groups is 1. The second-order valence-corrected chi connectivity index (χ2v) is 6.43. The number of nitrogens with one attached hydrogen (secondary N) is 1. The molecule has 0 saturated carbocycles. The average molecular weight is 335 g/mol. The van der Waals surface area contributed by atoms with Crippen molar-refractivity contribution < 1.29 is 14.3 Å². The van der Waals surface area contributed by atoms with Crippen LogP contribution in [0.1, 0.15) is 29.4 Å². The Labute approximate surface area is 139 Å². The minimum atomic E-state index is -0.137. The number of ether oxygens (including phenoxy) is 2. The molecule has 1 aliphatic rings. The van der Waals surface area contributed by atoms with Gasteiger partial charge >= 0.3 is 0 Å². The molecule has 124 valence electrons. The van der Waals surface area contributed by atoms with Gasteiger partial charge in [-0.05, 0) is 29.9 Å². The zero-order valence-electron chi connectivity index (χ0n) is 13.2. The smallest absolute Gasteiger partial charge is 0.228 e. The molecule has 2 aromatic rings. The molecule has 3 rings (SSSR count). The number of amides is 1. The highest BCUT2D eigenvalue weighted by Crippen LogP contribution is 2.33. The summed E-state index contributed by atoms with van der Waals surface area (Å²) < 4.78 is 12.6. The van der Waals surface area contributed by atoms with Gasteiger partial charge in [-0.1, -0.05) is 0 Å². The molecule has 7 heteroatoms. The maximum absolute atomic E-state index is 12.2. The number of methoxy groups -OCH3 is 1. The molecule has 1 N–H and O–H groups in total. The van der Waals surface area contributed by atoms with E-state index >= 15 is 0 Å². The van der Waals surface area contributed by atoms with Gasteiger partial charge < -0.3 is 14.8 Å². The summed E-state index contributed by atoms with van der Waals surface area (Å²) in [6.45, 7) is 2.15. The van der Waals surface area contributed by atoms with Crippen molar-refractivity contribution in [1.82, 2.24) is 9.78 Å². The Morgan fingerprint density at radius 1 is 1.57 bits per heavy atom. The molecule has 0 saturated heterocycles. The van der Waals surface area contributed by atoms with Crippen LogP contribution >= 0.6 is 11.3 Å². The zero-order chi connectivity index (χ0) is 16.1. The number of rotatable bonds is 7. The normalized spacial score (nSPS) is 17.0. The summed E-state index contributed by atoms with van der Waals surface area (Å²) in [6.07, 6.45) is 3.87. The topological polar surface area (TPSA) is 65.4 Å². The SMILES string of the molecule is COCCCn1ccc(NC(=O)CC2OCCc3ccsc32)n1. The summed E-state index contributed by atoms with van der Waals surface area (Å²) >= 11 is 1.66. The molecule has 0 fully saturated rings. The number of aromatic nitrogens is 2. The van der Waals surface area contributed by atoms with Crippen LogP contribution in [0.5, 0.6) is 0 Å². The fourth-order valence-corrected chi connectivity index (χ4v) is 3.66. The minimum absolute atomic E-state index is 0.0709. The van der Waals surface area contributed by atoms with Crippen molar-refractivity contribution in [2.45, 2.75) is 31.9 Å². The van der Waals surface area contributed by atoms with E-state index in [1.54, 1.807) is 18.4 Å². The minimum Gasteiger partial charge on any atom is -0.385 e. The number of hydrogen-bond donors (Lipinski definition) is 1. The molecule has 2 aromatic heterocycles. The largest absolute Gasteiger partial charge is 0.385 e. The van der Waals surface area contributed by atoms with Crippen molar-refractivity contribution in [2.75, 3.05) is 25.6 Å². The molecule has 1 amide bonds. The molecule has 0 aromatic carbocycles. The molecule has 0 bridgehead atoms. The van der Waals surface area contributed by atoms with Gasteiger partial charge in [-0.3, -0.25) is 9.48 Å². The van der Waals surface area contributed by atoms with Crippen molar-refractivity contribution in [3.63, 3.8) is 0 Å². The lowest BCUT2D eigenvalue weighted by atomic mass is 10.1. The van der Waals surface area contributed by atoms with Crippen LogP contribution in [-0.4, -0.2) is 36.0 Å². The Kier molecular flexibility index (Phi) is 5.43. The highest BCUT2D eigenvalue weighted by atomic mass is 32.1. The molecule has 23 heavy (non-hydrogen) atoms. The van der Waals surface area contributed by atoms with E-state index in [9.17, 15) is 4.79 Å². The van der Waals surface area contributed by atoms with Gasteiger partial charge in [-0.25, -0.2) is 0 Å². The van der Waals surface area contributed by atoms with Gasteiger partial charge in [0.15, 0.2) is 5.82 Å².